The minimum Gasteiger partial charge on any atom is -0.466 e. The molecule has 0 radical (unpaired) electrons. The number of nitrogens with one attached hydrogen (secondary N) is 1. The molecule has 0 spiro atoms. The lowest BCUT2D eigenvalue weighted by Crippen LogP contribution is -2.49. The second-order valence-corrected chi connectivity index (χ2v) is 7.32. The summed E-state index contributed by atoms with van der Waals surface area (Å²) in [6, 6.07) is 0. The first-order chi connectivity index (χ1) is 9.15. The minimum atomic E-state index is -3.61. The summed E-state index contributed by atoms with van der Waals surface area (Å²) in [7, 11) is -3.61. The van der Waals surface area contributed by atoms with Gasteiger partial charge >= 0.3 is 5.97 Å². The molecule has 1 rings (SSSR count). The van der Waals surface area contributed by atoms with Crippen LogP contribution in [0.25, 0.3) is 0 Å². The Balaban J connectivity index is 2.50. The van der Waals surface area contributed by atoms with Gasteiger partial charge in [0.25, 0.3) is 10.2 Å². The maximum Gasteiger partial charge on any atom is 0.309 e. The predicted octanol–water partition coefficient (Wildman–Crippen LogP) is -0.133. The van der Waals surface area contributed by atoms with Gasteiger partial charge in [0.15, 0.2) is 0 Å². The lowest BCUT2D eigenvalue weighted by Gasteiger charge is -2.30. The van der Waals surface area contributed by atoms with Gasteiger partial charge < -0.3 is 9.84 Å². The zero-order valence-corrected chi connectivity index (χ0v) is 13.1. The average molecular weight is 308 g/mol. The molecule has 0 atom stereocenters. The Morgan fingerprint density at radius 3 is 2.40 bits per heavy atom. The van der Waals surface area contributed by atoms with Crippen molar-refractivity contribution in [2.45, 2.75) is 39.2 Å². The monoisotopic (exact) mass is 308 g/mol. The van der Waals surface area contributed by atoms with Crippen LogP contribution in [0.1, 0.15) is 33.6 Å². The largest absolute Gasteiger partial charge is 0.466 e. The van der Waals surface area contributed by atoms with E-state index in [2.05, 4.69) is 4.72 Å². The average Bonchev–Trinajstić information content (AvgIpc) is 2.36. The molecule has 1 saturated heterocycles. The summed E-state index contributed by atoms with van der Waals surface area (Å²) in [5.41, 5.74) is -1.10. The molecule has 1 aliphatic rings. The predicted molar refractivity (Wildman–Crippen MR) is 74.2 cm³/mol. The van der Waals surface area contributed by atoms with Crippen LogP contribution in [-0.2, 0) is 19.7 Å². The Morgan fingerprint density at radius 2 is 1.95 bits per heavy atom. The molecular formula is C12H24N2O5S. The Labute approximate surface area is 120 Å². The molecule has 0 aromatic rings. The minimum absolute atomic E-state index is 0.0485. The van der Waals surface area contributed by atoms with Crippen molar-refractivity contribution in [2.24, 2.45) is 5.92 Å². The van der Waals surface area contributed by atoms with Gasteiger partial charge in [-0.2, -0.15) is 17.4 Å². The van der Waals surface area contributed by atoms with Crippen LogP contribution in [0.15, 0.2) is 0 Å². The van der Waals surface area contributed by atoms with Gasteiger partial charge in [-0.1, -0.05) is 0 Å². The number of ether oxygens (including phenoxy) is 1. The SMILES string of the molecule is CCOC(=O)C1CCN(S(=O)(=O)NCC(C)(C)O)CC1. The number of hydrogen-bond donors (Lipinski definition) is 2. The van der Waals surface area contributed by atoms with Crippen LogP contribution in [0.5, 0.6) is 0 Å². The van der Waals surface area contributed by atoms with Gasteiger partial charge in [0.1, 0.15) is 0 Å². The third-order valence-electron chi connectivity index (χ3n) is 3.10. The molecule has 8 heteroatoms. The molecule has 0 saturated carbocycles. The van der Waals surface area contributed by atoms with Gasteiger partial charge in [0, 0.05) is 19.6 Å². The van der Waals surface area contributed by atoms with Crippen LogP contribution in [0.2, 0.25) is 0 Å². The maximum atomic E-state index is 12.0. The van der Waals surface area contributed by atoms with Crippen molar-refractivity contribution in [2.75, 3.05) is 26.2 Å². The van der Waals surface area contributed by atoms with E-state index in [1.807, 2.05) is 0 Å². The number of aliphatic hydroxyl groups is 1. The standard InChI is InChI=1S/C12H24N2O5S/c1-4-19-11(15)10-5-7-14(8-6-10)20(17,18)13-9-12(2,3)16/h10,13,16H,4-9H2,1-3H3. The Hall–Kier alpha value is -0.700. The Morgan fingerprint density at radius 1 is 1.40 bits per heavy atom. The molecule has 1 aliphatic heterocycles. The van der Waals surface area contributed by atoms with Crippen LogP contribution in [0, 0.1) is 5.92 Å². The highest BCUT2D eigenvalue weighted by Crippen LogP contribution is 2.20. The Kier molecular flexibility index (Phi) is 5.93. The van der Waals surface area contributed by atoms with Crippen molar-refractivity contribution in [1.29, 1.82) is 0 Å². The van der Waals surface area contributed by atoms with E-state index in [4.69, 9.17) is 4.74 Å². The lowest BCUT2D eigenvalue weighted by molar-refractivity contribution is -0.149. The number of carbonyl (C=O) groups is 1. The second-order valence-electron chi connectivity index (χ2n) is 5.56. The molecule has 2 N–H and O–H groups in total. The summed E-state index contributed by atoms with van der Waals surface area (Å²) >= 11 is 0. The van der Waals surface area contributed by atoms with E-state index in [9.17, 15) is 18.3 Å². The molecule has 1 fully saturated rings. The van der Waals surface area contributed by atoms with E-state index in [-0.39, 0.29) is 31.5 Å². The fraction of sp³-hybridized carbons (Fsp3) is 0.917. The van der Waals surface area contributed by atoms with Crippen molar-refractivity contribution in [3.63, 3.8) is 0 Å². The van der Waals surface area contributed by atoms with Crippen LogP contribution in [0.4, 0.5) is 0 Å². The van der Waals surface area contributed by atoms with Gasteiger partial charge in [0.2, 0.25) is 0 Å². The highest BCUT2D eigenvalue weighted by atomic mass is 32.2. The molecular weight excluding hydrogens is 284 g/mol. The van der Waals surface area contributed by atoms with Crippen LogP contribution in [0.3, 0.4) is 0 Å². The molecule has 20 heavy (non-hydrogen) atoms. The third-order valence-corrected chi connectivity index (χ3v) is 4.66. The molecule has 7 nitrogen and oxygen atoms in total. The van der Waals surface area contributed by atoms with Crippen molar-refractivity contribution < 1.29 is 23.1 Å². The van der Waals surface area contributed by atoms with Crippen LogP contribution < -0.4 is 4.72 Å². The summed E-state index contributed by atoms with van der Waals surface area (Å²) in [6.45, 7) is 5.66. The first-order valence-corrected chi connectivity index (χ1v) is 8.23. The summed E-state index contributed by atoms with van der Waals surface area (Å²) in [6.07, 6.45) is 0.921. The molecule has 118 valence electrons. The number of carbonyl (C=O) groups excluding carboxylic acids is 1. The highest BCUT2D eigenvalue weighted by molar-refractivity contribution is 7.87. The summed E-state index contributed by atoms with van der Waals surface area (Å²) in [5.74, 6) is -0.482. The van der Waals surface area contributed by atoms with Crippen LogP contribution >= 0.6 is 0 Å². The molecule has 0 unspecified atom stereocenters. The van der Waals surface area contributed by atoms with Gasteiger partial charge in [-0.3, -0.25) is 4.79 Å². The van der Waals surface area contributed by atoms with Gasteiger partial charge in [0.05, 0.1) is 18.1 Å². The number of esters is 1. The van der Waals surface area contributed by atoms with E-state index >= 15 is 0 Å². The van der Waals surface area contributed by atoms with Gasteiger partial charge in [-0.05, 0) is 33.6 Å². The van der Waals surface area contributed by atoms with E-state index in [1.165, 1.54) is 18.2 Å². The van der Waals surface area contributed by atoms with E-state index < -0.39 is 15.8 Å². The topological polar surface area (TPSA) is 95.9 Å². The van der Waals surface area contributed by atoms with E-state index in [1.54, 1.807) is 6.92 Å². The first-order valence-electron chi connectivity index (χ1n) is 6.79. The fourth-order valence-corrected chi connectivity index (χ4v) is 3.36. The number of nitrogens with zero attached hydrogens (tertiary/aromatic N) is 1. The van der Waals surface area contributed by atoms with Gasteiger partial charge in [-0.25, -0.2) is 0 Å². The molecule has 1 heterocycles. The lowest BCUT2D eigenvalue weighted by atomic mass is 9.98. The van der Waals surface area contributed by atoms with Crippen LogP contribution in [-0.4, -0.2) is 55.6 Å². The molecule has 0 bridgehead atoms. The van der Waals surface area contributed by atoms with Crippen molar-refractivity contribution in [1.82, 2.24) is 9.03 Å². The zero-order valence-electron chi connectivity index (χ0n) is 12.3. The quantitative estimate of drug-likeness (QED) is 0.666. The maximum absolute atomic E-state index is 12.0. The highest BCUT2D eigenvalue weighted by Gasteiger charge is 2.32. The van der Waals surface area contributed by atoms with E-state index in [0.29, 0.717) is 19.4 Å². The Bertz CT molecular complexity index is 422. The normalized spacial score (nSPS) is 19.0. The third kappa shape index (κ3) is 5.35. The van der Waals surface area contributed by atoms with Crippen molar-refractivity contribution in [3.05, 3.63) is 0 Å². The molecule has 0 aromatic heterocycles. The smallest absolute Gasteiger partial charge is 0.309 e. The second kappa shape index (κ2) is 6.84. The number of hydrogen-bond acceptors (Lipinski definition) is 5. The van der Waals surface area contributed by atoms with Gasteiger partial charge in [-0.15, -0.1) is 0 Å². The molecule has 0 aliphatic carbocycles. The summed E-state index contributed by atoms with van der Waals surface area (Å²) in [4.78, 5) is 11.6. The molecule has 0 aromatic carbocycles. The fourth-order valence-electron chi connectivity index (χ4n) is 1.95. The number of rotatable bonds is 6. The summed E-state index contributed by atoms with van der Waals surface area (Å²) in [5, 5.41) is 9.55. The van der Waals surface area contributed by atoms with Crippen molar-refractivity contribution in [3.8, 4) is 0 Å². The summed E-state index contributed by atoms with van der Waals surface area (Å²) < 4.78 is 32.7. The number of piperidine rings is 1. The first kappa shape index (κ1) is 17.4. The zero-order chi connectivity index (χ0) is 15.4. The van der Waals surface area contributed by atoms with E-state index in [0.717, 1.165) is 0 Å². The molecule has 0 amide bonds. The van der Waals surface area contributed by atoms with Crippen molar-refractivity contribution >= 4 is 16.2 Å².